The van der Waals surface area contributed by atoms with E-state index in [0.717, 1.165) is 4.88 Å². The molecule has 0 saturated heterocycles. The van der Waals surface area contributed by atoms with Crippen LogP contribution < -0.4 is 15.4 Å². The monoisotopic (exact) mass is 330 g/mol. The molecular formula is C17H18N2O3S. The molecule has 0 saturated carbocycles. The Hall–Kier alpha value is -2.49. The van der Waals surface area contributed by atoms with Gasteiger partial charge in [0, 0.05) is 16.6 Å². The van der Waals surface area contributed by atoms with Crippen molar-refractivity contribution in [2.24, 2.45) is 0 Å². The van der Waals surface area contributed by atoms with Crippen molar-refractivity contribution in [2.75, 3.05) is 18.5 Å². The van der Waals surface area contributed by atoms with E-state index in [2.05, 4.69) is 16.6 Å². The number of hydrogen-bond donors (Lipinski definition) is 3. The molecule has 1 atom stereocenters. The van der Waals surface area contributed by atoms with E-state index in [9.17, 15) is 9.90 Å². The first kappa shape index (κ1) is 16.9. The largest absolute Gasteiger partial charge is 0.481 e. The summed E-state index contributed by atoms with van der Waals surface area (Å²) < 4.78 is 5.29. The van der Waals surface area contributed by atoms with Crippen LogP contribution in [0.1, 0.15) is 11.8 Å². The van der Waals surface area contributed by atoms with E-state index in [1.54, 1.807) is 31.2 Å². The Bertz CT molecular complexity index is 690. The minimum Gasteiger partial charge on any atom is -0.481 e. The van der Waals surface area contributed by atoms with Gasteiger partial charge in [0.05, 0.1) is 6.54 Å². The minimum absolute atomic E-state index is 0.104. The lowest BCUT2D eigenvalue weighted by Gasteiger charge is -2.22. The summed E-state index contributed by atoms with van der Waals surface area (Å²) in [5.74, 6) is 2.95. The molecule has 120 valence electrons. The number of terminal acetylenes is 1. The number of nitrogens with one attached hydrogen (secondary N) is 2. The van der Waals surface area contributed by atoms with Crippen LogP contribution in [-0.4, -0.2) is 24.3 Å². The molecular weight excluding hydrogens is 312 g/mol. The molecule has 5 nitrogen and oxygen atoms in total. The van der Waals surface area contributed by atoms with Crippen molar-refractivity contribution in [3.05, 3.63) is 46.7 Å². The molecule has 0 unspecified atom stereocenters. The van der Waals surface area contributed by atoms with E-state index in [1.807, 2.05) is 17.5 Å². The number of carbonyl (C=O) groups is 1. The summed E-state index contributed by atoms with van der Waals surface area (Å²) in [4.78, 5) is 12.7. The summed E-state index contributed by atoms with van der Waals surface area (Å²) in [6.07, 6.45) is 5.14. The Morgan fingerprint density at radius 3 is 2.96 bits per heavy atom. The van der Waals surface area contributed by atoms with Crippen LogP contribution in [0.3, 0.4) is 0 Å². The van der Waals surface area contributed by atoms with Gasteiger partial charge in [-0.1, -0.05) is 18.1 Å². The Morgan fingerprint density at radius 2 is 2.26 bits per heavy atom. The number of ether oxygens (including phenoxy) is 1. The highest BCUT2D eigenvalue weighted by molar-refractivity contribution is 7.10. The predicted octanol–water partition coefficient (Wildman–Crippen LogP) is 2.79. The SMILES string of the molecule is C#CCOc1cccc(NC(=O)NC[C@](C)(O)c2cccs2)c1. The van der Waals surface area contributed by atoms with Gasteiger partial charge in [-0.05, 0) is 30.5 Å². The molecule has 2 amide bonds. The fraction of sp³-hybridized carbons (Fsp3) is 0.235. The maximum Gasteiger partial charge on any atom is 0.319 e. The number of benzene rings is 1. The Kier molecular flexibility index (Phi) is 5.63. The summed E-state index contributed by atoms with van der Waals surface area (Å²) >= 11 is 1.44. The molecule has 0 fully saturated rings. The number of amides is 2. The molecule has 0 aliphatic heterocycles. The van der Waals surface area contributed by atoms with Gasteiger partial charge in [0.2, 0.25) is 0 Å². The summed E-state index contributed by atoms with van der Waals surface area (Å²) in [5.41, 5.74) is -0.531. The van der Waals surface area contributed by atoms with Gasteiger partial charge in [0.25, 0.3) is 0 Å². The lowest BCUT2D eigenvalue weighted by atomic mass is 10.1. The van der Waals surface area contributed by atoms with Crippen molar-refractivity contribution < 1.29 is 14.6 Å². The second-order valence-electron chi connectivity index (χ2n) is 5.08. The molecule has 1 aromatic heterocycles. The van der Waals surface area contributed by atoms with Gasteiger partial charge < -0.3 is 20.5 Å². The third-order valence-corrected chi connectivity index (χ3v) is 4.18. The number of aliphatic hydroxyl groups is 1. The maximum atomic E-state index is 12.0. The lowest BCUT2D eigenvalue weighted by molar-refractivity contribution is 0.0637. The van der Waals surface area contributed by atoms with Crippen LogP contribution in [0.4, 0.5) is 10.5 Å². The topological polar surface area (TPSA) is 70.6 Å². The van der Waals surface area contributed by atoms with Crippen LogP contribution in [0, 0.1) is 12.3 Å². The van der Waals surface area contributed by atoms with Crippen LogP contribution in [-0.2, 0) is 5.60 Å². The minimum atomic E-state index is -1.11. The molecule has 23 heavy (non-hydrogen) atoms. The number of rotatable bonds is 6. The fourth-order valence-corrected chi connectivity index (χ4v) is 2.68. The average molecular weight is 330 g/mol. The van der Waals surface area contributed by atoms with Crippen molar-refractivity contribution >= 4 is 23.1 Å². The first-order valence-electron chi connectivity index (χ1n) is 6.99. The highest BCUT2D eigenvalue weighted by atomic mass is 32.1. The molecule has 1 heterocycles. The number of anilines is 1. The third kappa shape index (κ3) is 5.02. The van der Waals surface area contributed by atoms with Crippen LogP contribution in [0.15, 0.2) is 41.8 Å². The smallest absolute Gasteiger partial charge is 0.319 e. The van der Waals surface area contributed by atoms with Crippen LogP contribution in [0.5, 0.6) is 5.75 Å². The van der Waals surface area contributed by atoms with E-state index in [4.69, 9.17) is 11.2 Å². The van der Waals surface area contributed by atoms with Gasteiger partial charge in [-0.2, -0.15) is 0 Å². The lowest BCUT2D eigenvalue weighted by Crippen LogP contribution is -2.40. The van der Waals surface area contributed by atoms with E-state index in [-0.39, 0.29) is 13.2 Å². The zero-order chi connectivity index (χ0) is 16.7. The molecule has 0 aliphatic rings. The predicted molar refractivity (Wildman–Crippen MR) is 91.7 cm³/mol. The Balaban J connectivity index is 1.89. The fourth-order valence-electron chi connectivity index (χ4n) is 1.89. The second-order valence-corrected chi connectivity index (χ2v) is 6.03. The van der Waals surface area contributed by atoms with E-state index in [1.165, 1.54) is 11.3 Å². The van der Waals surface area contributed by atoms with E-state index in [0.29, 0.717) is 11.4 Å². The summed E-state index contributed by atoms with van der Waals surface area (Å²) in [6, 6.07) is 10.2. The van der Waals surface area contributed by atoms with Gasteiger partial charge in [0.15, 0.2) is 0 Å². The number of thiophene rings is 1. The summed E-state index contributed by atoms with van der Waals surface area (Å²) in [7, 11) is 0. The van der Waals surface area contributed by atoms with E-state index < -0.39 is 11.6 Å². The molecule has 0 aliphatic carbocycles. The quantitative estimate of drug-likeness (QED) is 0.713. The van der Waals surface area contributed by atoms with Gasteiger partial charge in [-0.15, -0.1) is 17.8 Å². The highest BCUT2D eigenvalue weighted by Gasteiger charge is 2.24. The normalized spacial score (nSPS) is 12.7. The number of carbonyl (C=O) groups excluding carboxylic acids is 1. The first-order valence-corrected chi connectivity index (χ1v) is 7.87. The highest BCUT2D eigenvalue weighted by Crippen LogP contribution is 2.24. The molecule has 2 rings (SSSR count). The Morgan fingerprint density at radius 1 is 1.43 bits per heavy atom. The first-order chi connectivity index (χ1) is 11.0. The summed E-state index contributed by atoms with van der Waals surface area (Å²) in [5, 5.41) is 17.6. The molecule has 0 radical (unpaired) electrons. The van der Waals surface area contributed by atoms with Gasteiger partial charge in [-0.25, -0.2) is 4.79 Å². The molecule has 3 N–H and O–H groups in total. The molecule has 6 heteroatoms. The molecule has 0 spiro atoms. The van der Waals surface area contributed by atoms with Gasteiger partial charge in [0.1, 0.15) is 18.0 Å². The van der Waals surface area contributed by atoms with Crippen molar-refractivity contribution in [3.63, 3.8) is 0 Å². The van der Waals surface area contributed by atoms with Crippen molar-refractivity contribution in [1.29, 1.82) is 0 Å². The van der Waals surface area contributed by atoms with Crippen LogP contribution in [0.2, 0.25) is 0 Å². The third-order valence-electron chi connectivity index (χ3n) is 3.06. The van der Waals surface area contributed by atoms with Crippen molar-refractivity contribution in [2.45, 2.75) is 12.5 Å². The van der Waals surface area contributed by atoms with Crippen LogP contribution >= 0.6 is 11.3 Å². The maximum absolute atomic E-state index is 12.0. The molecule has 0 bridgehead atoms. The van der Waals surface area contributed by atoms with Crippen molar-refractivity contribution in [3.8, 4) is 18.1 Å². The van der Waals surface area contributed by atoms with Crippen LogP contribution in [0.25, 0.3) is 0 Å². The number of hydrogen-bond acceptors (Lipinski definition) is 4. The Labute approximate surface area is 139 Å². The summed E-state index contributed by atoms with van der Waals surface area (Å²) in [6.45, 7) is 1.93. The molecule has 2 aromatic rings. The van der Waals surface area contributed by atoms with Gasteiger partial charge in [-0.3, -0.25) is 0 Å². The average Bonchev–Trinajstić information content (AvgIpc) is 3.07. The van der Waals surface area contributed by atoms with Gasteiger partial charge >= 0.3 is 6.03 Å². The number of urea groups is 1. The van der Waals surface area contributed by atoms with Crippen molar-refractivity contribution in [1.82, 2.24) is 5.32 Å². The standard InChI is InChI=1S/C17H18N2O3S/c1-3-9-22-14-7-4-6-13(11-14)19-16(20)18-12-17(2,21)15-8-5-10-23-15/h1,4-8,10-11,21H,9,12H2,2H3,(H2,18,19,20)/t17-/m0/s1. The molecule has 1 aromatic carbocycles. The van der Waals surface area contributed by atoms with E-state index >= 15 is 0 Å². The second kappa shape index (κ2) is 7.68. The zero-order valence-corrected chi connectivity index (χ0v) is 13.5. The zero-order valence-electron chi connectivity index (χ0n) is 12.7.